The highest BCUT2D eigenvalue weighted by molar-refractivity contribution is 5.82. The lowest BCUT2D eigenvalue weighted by molar-refractivity contribution is -0.137. The van der Waals surface area contributed by atoms with Crippen LogP contribution < -0.4 is 5.73 Å². The standard InChI is InChI=1S/C10H11N3O2/c11-8(4-9(14)15)7-3-1-2-6-5-12-13-10(6)7/h1-3,5,8H,4,11H2,(H,12,13)(H,14,15). The van der Waals surface area contributed by atoms with Crippen LogP contribution in [0.15, 0.2) is 24.4 Å². The van der Waals surface area contributed by atoms with Gasteiger partial charge in [0.1, 0.15) is 0 Å². The second-order valence-corrected chi connectivity index (χ2v) is 3.39. The molecule has 5 nitrogen and oxygen atoms in total. The number of hydrogen-bond donors (Lipinski definition) is 3. The van der Waals surface area contributed by atoms with E-state index in [2.05, 4.69) is 10.2 Å². The van der Waals surface area contributed by atoms with Crippen LogP contribution in [0.2, 0.25) is 0 Å². The maximum Gasteiger partial charge on any atom is 0.305 e. The van der Waals surface area contributed by atoms with Crippen molar-refractivity contribution >= 4 is 16.9 Å². The Morgan fingerprint density at radius 2 is 2.40 bits per heavy atom. The molecule has 0 spiro atoms. The van der Waals surface area contributed by atoms with Gasteiger partial charge in [0.2, 0.25) is 0 Å². The molecule has 0 fully saturated rings. The number of carboxylic acid groups (broad SMARTS) is 1. The summed E-state index contributed by atoms with van der Waals surface area (Å²) < 4.78 is 0. The zero-order valence-corrected chi connectivity index (χ0v) is 7.97. The van der Waals surface area contributed by atoms with Crippen LogP contribution in [0.4, 0.5) is 0 Å². The Morgan fingerprint density at radius 3 is 3.13 bits per heavy atom. The summed E-state index contributed by atoms with van der Waals surface area (Å²) in [7, 11) is 0. The molecule has 1 atom stereocenters. The molecule has 5 heteroatoms. The average Bonchev–Trinajstić information content (AvgIpc) is 2.63. The van der Waals surface area contributed by atoms with Crippen LogP contribution in [-0.4, -0.2) is 21.3 Å². The number of carbonyl (C=O) groups is 1. The van der Waals surface area contributed by atoms with Crippen LogP contribution in [0.1, 0.15) is 18.0 Å². The average molecular weight is 205 g/mol. The molecule has 4 N–H and O–H groups in total. The number of para-hydroxylation sites is 1. The highest BCUT2D eigenvalue weighted by Gasteiger charge is 2.13. The van der Waals surface area contributed by atoms with Gasteiger partial charge in [0.25, 0.3) is 0 Å². The summed E-state index contributed by atoms with van der Waals surface area (Å²) in [6.07, 6.45) is 1.60. The molecule has 1 aromatic carbocycles. The maximum absolute atomic E-state index is 10.6. The highest BCUT2D eigenvalue weighted by atomic mass is 16.4. The Hall–Kier alpha value is -1.88. The number of carboxylic acids is 1. The van der Waals surface area contributed by atoms with Crippen molar-refractivity contribution in [3.63, 3.8) is 0 Å². The van der Waals surface area contributed by atoms with Gasteiger partial charge in [-0.3, -0.25) is 9.89 Å². The van der Waals surface area contributed by atoms with Gasteiger partial charge < -0.3 is 10.8 Å². The number of H-pyrrole nitrogens is 1. The molecule has 1 heterocycles. The molecule has 0 aliphatic heterocycles. The number of benzene rings is 1. The summed E-state index contributed by atoms with van der Waals surface area (Å²) in [6, 6.07) is 5.05. The molecule has 2 rings (SSSR count). The van der Waals surface area contributed by atoms with Crippen molar-refractivity contribution < 1.29 is 9.90 Å². The Bertz CT molecular complexity index is 492. The largest absolute Gasteiger partial charge is 0.481 e. The van der Waals surface area contributed by atoms with Gasteiger partial charge in [-0.25, -0.2) is 0 Å². The molecule has 1 aromatic heterocycles. The van der Waals surface area contributed by atoms with E-state index in [1.807, 2.05) is 18.2 Å². The molecule has 2 aromatic rings. The van der Waals surface area contributed by atoms with Crippen LogP contribution >= 0.6 is 0 Å². The van der Waals surface area contributed by atoms with Crippen LogP contribution in [0.5, 0.6) is 0 Å². The first-order chi connectivity index (χ1) is 7.18. The number of aromatic amines is 1. The maximum atomic E-state index is 10.6. The number of aromatic nitrogens is 2. The van der Waals surface area contributed by atoms with Gasteiger partial charge in [-0.2, -0.15) is 5.10 Å². The normalized spacial score (nSPS) is 12.9. The highest BCUT2D eigenvalue weighted by Crippen LogP contribution is 2.22. The van der Waals surface area contributed by atoms with Gasteiger partial charge in [0.15, 0.2) is 0 Å². The zero-order valence-electron chi connectivity index (χ0n) is 7.97. The van der Waals surface area contributed by atoms with Crippen LogP contribution in [0.3, 0.4) is 0 Å². The molecule has 78 valence electrons. The van der Waals surface area contributed by atoms with E-state index < -0.39 is 12.0 Å². The minimum Gasteiger partial charge on any atom is -0.481 e. The fourth-order valence-corrected chi connectivity index (χ4v) is 1.60. The first-order valence-corrected chi connectivity index (χ1v) is 4.58. The minimum absolute atomic E-state index is 0.0852. The third kappa shape index (κ3) is 1.82. The lowest BCUT2D eigenvalue weighted by Gasteiger charge is -2.09. The van der Waals surface area contributed by atoms with Gasteiger partial charge in [0, 0.05) is 11.4 Å². The topological polar surface area (TPSA) is 92.0 Å². The van der Waals surface area contributed by atoms with E-state index in [1.165, 1.54) is 0 Å². The lowest BCUT2D eigenvalue weighted by atomic mass is 10.0. The number of nitrogens with zero attached hydrogens (tertiary/aromatic N) is 1. The molecule has 1 unspecified atom stereocenters. The number of hydrogen-bond acceptors (Lipinski definition) is 3. The third-order valence-corrected chi connectivity index (χ3v) is 2.30. The minimum atomic E-state index is -0.904. The molecule has 0 saturated carbocycles. The van der Waals surface area contributed by atoms with Gasteiger partial charge in [-0.1, -0.05) is 18.2 Å². The molecular formula is C10H11N3O2. The Kier molecular flexibility index (Phi) is 2.39. The molecule has 0 saturated heterocycles. The molecule has 0 aliphatic rings. The summed E-state index contributed by atoms with van der Waals surface area (Å²) in [5.74, 6) is -0.904. The first kappa shape index (κ1) is 9.67. The third-order valence-electron chi connectivity index (χ3n) is 2.30. The van der Waals surface area contributed by atoms with Gasteiger partial charge >= 0.3 is 5.97 Å². The molecule has 0 aliphatic carbocycles. The number of rotatable bonds is 3. The summed E-state index contributed by atoms with van der Waals surface area (Å²) in [6.45, 7) is 0. The Morgan fingerprint density at radius 1 is 1.60 bits per heavy atom. The monoisotopic (exact) mass is 205 g/mol. The number of nitrogens with one attached hydrogen (secondary N) is 1. The molecule has 0 radical (unpaired) electrons. The van der Waals surface area contributed by atoms with Crippen molar-refractivity contribution in [1.82, 2.24) is 10.2 Å². The zero-order chi connectivity index (χ0) is 10.8. The predicted octanol–water partition coefficient (Wildman–Crippen LogP) is 1.04. The smallest absolute Gasteiger partial charge is 0.305 e. The van der Waals surface area contributed by atoms with Crippen molar-refractivity contribution in [2.45, 2.75) is 12.5 Å². The fourth-order valence-electron chi connectivity index (χ4n) is 1.60. The van der Waals surface area contributed by atoms with Gasteiger partial charge in [-0.05, 0) is 5.56 Å². The number of aliphatic carboxylic acids is 1. The fraction of sp³-hybridized carbons (Fsp3) is 0.200. The first-order valence-electron chi connectivity index (χ1n) is 4.58. The van der Waals surface area contributed by atoms with E-state index in [-0.39, 0.29) is 6.42 Å². The molecule has 0 amide bonds. The molecule has 0 bridgehead atoms. The van der Waals surface area contributed by atoms with Crippen LogP contribution in [-0.2, 0) is 4.79 Å². The molecular weight excluding hydrogens is 194 g/mol. The molecule has 15 heavy (non-hydrogen) atoms. The van der Waals surface area contributed by atoms with E-state index in [1.54, 1.807) is 6.20 Å². The summed E-state index contributed by atoms with van der Waals surface area (Å²) in [5, 5.41) is 16.3. The van der Waals surface area contributed by atoms with Crippen LogP contribution in [0.25, 0.3) is 10.9 Å². The quantitative estimate of drug-likeness (QED) is 0.698. The summed E-state index contributed by atoms with van der Waals surface area (Å²) >= 11 is 0. The second-order valence-electron chi connectivity index (χ2n) is 3.39. The summed E-state index contributed by atoms with van der Waals surface area (Å²) in [5.41, 5.74) is 7.39. The number of fused-ring (bicyclic) bond motifs is 1. The lowest BCUT2D eigenvalue weighted by Crippen LogP contribution is -2.15. The van der Waals surface area contributed by atoms with Crippen molar-refractivity contribution in [2.75, 3.05) is 0 Å². The second kappa shape index (κ2) is 3.70. The van der Waals surface area contributed by atoms with E-state index in [0.29, 0.717) is 0 Å². The SMILES string of the molecule is NC(CC(=O)O)c1cccc2cn[nH]c12. The van der Waals surface area contributed by atoms with E-state index in [4.69, 9.17) is 10.8 Å². The van der Waals surface area contributed by atoms with Crippen LogP contribution in [0, 0.1) is 0 Å². The van der Waals surface area contributed by atoms with Crippen molar-refractivity contribution in [3.05, 3.63) is 30.0 Å². The van der Waals surface area contributed by atoms with E-state index in [0.717, 1.165) is 16.5 Å². The van der Waals surface area contributed by atoms with Gasteiger partial charge in [0.05, 0.1) is 18.1 Å². The predicted molar refractivity (Wildman–Crippen MR) is 55.3 cm³/mol. The van der Waals surface area contributed by atoms with Crippen molar-refractivity contribution in [3.8, 4) is 0 Å². The Balaban J connectivity index is 2.42. The van der Waals surface area contributed by atoms with Gasteiger partial charge in [-0.15, -0.1) is 0 Å². The Labute approximate surface area is 85.9 Å². The van der Waals surface area contributed by atoms with E-state index >= 15 is 0 Å². The van der Waals surface area contributed by atoms with Crippen molar-refractivity contribution in [2.24, 2.45) is 5.73 Å². The summed E-state index contributed by atoms with van der Waals surface area (Å²) in [4.78, 5) is 10.6. The van der Waals surface area contributed by atoms with Crippen molar-refractivity contribution in [1.29, 1.82) is 0 Å². The number of nitrogens with two attached hydrogens (primary N) is 1. The van der Waals surface area contributed by atoms with E-state index in [9.17, 15) is 4.79 Å².